The Hall–Kier alpha value is -0.0400. The molecule has 0 aromatic heterocycles. The van der Waals surface area contributed by atoms with Crippen LogP contribution in [-0.4, -0.2) is 12.6 Å². The van der Waals surface area contributed by atoms with Gasteiger partial charge in [-0.1, -0.05) is 26.7 Å². The molecule has 1 unspecified atom stereocenters. The van der Waals surface area contributed by atoms with Crippen molar-refractivity contribution in [3.05, 3.63) is 0 Å². The summed E-state index contributed by atoms with van der Waals surface area (Å²) in [6, 6.07) is 0.843. The lowest BCUT2D eigenvalue weighted by Crippen LogP contribution is -2.43. The molecule has 1 heterocycles. The molecule has 1 aliphatic heterocycles. The van der Waals surface area contributed by atoms with Crippen LogP contribution in [0, 0.1) is 11.3 Å². The van der Waals surface area contributed by atoms with Crippen LogP contribution in [0.4, 0.5) is 0 Å². The van der Waals surface area contributed by atoms with Crippen LogP contribution in [0.1, 0.15) is 52.4 Å². The zero-order valence-corrected chi connectivity index (χ0v) is 9.10. The minimum absolute atomic E-state index is 0.663. The molecule has 1 aliphatic carbocycles. The van der Waals surface area contributed by atoms with Crippen LogP contribution >= 0.6 is 0 Å². The summed E-state index contributed by atoms with van der Waals surface area (Å²) in [5, 5.41) is 3.72. The SMILES string of the molecule is CC(C)C1(C2CCCN2)CCCC1. The Morgan fingerprint density at radius 2 is 1.85 bits per heavy atom. The van der Waals surface area contributed by atoms with E-state index in [0.717, 1.165) is 12.0 Å². The predicted molar refractivity (Wildman–Crippen MR) is 56.8 cm³/mol. The molecule has 0 spiro atoms. The van der Waals surface area contributed by atoms with Crippen molar-refractivity contribution in [2.24, 2.45) is 11.3 Å². The zero-order valence-electron chi connectivity index (χ0n) is 9.10. The highest BCUT2D eigenvalue weighted by Gasteiger charge is 2.44. The largest absolute Gasteiger partial charge is 0.313 e. The molecule has 13 heavy (non-hydrogen) atoms. The van der Waals surface area contributed by atoms with Gasteiger partial charge in [0.1, 0.15) is 0 Å². The topological polar surface area (TPSA) is 12.0 Å². The first-order chi connectivity index (χ1) is 6.26. The molecule has 1 N–H and O–H groups in total. The van der Waals surface area contributed by atoms with E-state index in [1.807, 2.05) is 0 Å². The number of rotatable bonds is 2. The predicted octanol–water partition coefficient (Wildman–Crippen LogP) is 2.95. The van der Waals surface area contributed by atoms with Crippen molar-refractivity contribution in [3.63, 3.8) is 0 Å². The molecule has 0 amide bonds. The molecule has 0 bridgehead atoms. The Labute approximate surface area is 82.3 Å². The second-order valence-electron chi connectivity index (χ2n) is 5.24. The Morgan fingerprint density at radius 3 is 2.31 bits per heavy atom. The summed E-state index contributed by atoms with van der Waals surface area (Å²) >= 11 is 0. The Balaban J connectivity index is 2.11. The normalized spacial score (nSPS) is 33.0. The molecule has 76 valence electrons. The Bertz CT molecular complexity index is 162. The first-order valence-electron chi connectivity index (χ1n) is 5.99. The fourth-order valence-corrected chi connectivity index (χ4v) is 3.54. The van der Waals surface area contributed by atoms with Crippen LogP contribution < -0.4 is 5.32 Å². The van der Waals surface area contributed by atoms with Gasteiger partial charge in [-0.15, -0.1) is 0 Å². The second-order valence-corrected chi connectivity index (χ2v) is 5.24. The van der Waals surface area contributed by atoms with Crippen molar-refractivity contribution in [1.82, 2.24) is 5.32 Å². The van der Waals surface area contributed by atoms with Crippen molar-refractivity contribution in [3.8, 4) is 0 Å². The molecule has 0 radical (unpaired) electrons. The van der Waals surface area contributed by atoms with Gasteiger partial charge >= 0.3 is 0 Å². The van der Waals surface area contributed by atoms with E-state index in [1.165, 1.54) is 45.1 Å². The Kier molecular flexibility index (Phi) is 2.64. The van der Waals surface area contributed by atoms with Crippen LogP contribution in [0.15, 0.2) is 0 Å². The molecule has 0 aromatic rings. The van der Waals surface area contributed by atoms with Gasteiger partial charge in [0.05, 0.1) is 0 Å². The molecule has 1 heteroatoms. The van der Waals surface area contributed by atoms with Crippen LogP contribution in [0.2, 0.25) is 0 Å². The minimum Gasteiger partial charge on any atom is -0.313 e. The zero-order chi connectivity index (χ0) is 9.31. The fraction of sp³-hybridized carbons (Fsp3) is 1.00. The van der Waals surface area contributed by atoms with E-state index < -0.39 is 0 Å². The molecule has 2 rings (SSSR count). The Morgan fingerprint density at radius 1 is 1.15 bits per heavy atom. The summed E-state index contributed by atoms with van der Waals surface area (Å²) in [5.74, 6) is 0.866. The van der Waals surface area contributed by atoms with Gasteiger partial charge in [-0.3, -0.25) is 0 Å². The highest BCUT2D eigenvalue weighted by Crippen LogP contribution is 2.48. The van der Waals surface area contributed by atoms with E-state index in [2.05, 4.69) is 19.2 Å². The van der Waals surface area contributed by atoms with Crippen molar-refractivity contribution in [2.75, 3.05) is 6.54 Å². The van der Waals surface area contributed by atoms with E-state index in [0.29, 0.717) is 5.41 Å². The van der Waals surface area contributed by atoms with E-state index in [4.69, 9.17) is 0 Å². The summed E-state index contributed by atoms with van der Waals surface area (Å²) < 4.78 is 0. The van der Waals surface area contributed by atoms with Gasteiger partial charge in [0.15, 0.2) is 0 Å². The van der Waals surface area contributed by atoms with E-state index >= 15 is 0 Å². The van der Waals surface area contributed by atoms with Crippen LogP contribution in [-0.2, 0) is 0 Å². The van der Waals surface area contributed by atoms with Gasteiger partial charge < -0.3 is 5.32 Å². The smallest absolute Gasteiger partial charge is 0.0126 e. The van der Waals surface area contributed by atoms with E-state index in [-0.39, 0.29) is 0 Å². The van der Waals surface area contributed by atoms with Crippen molar-refractivity contribution in [1.29, 1.82) is 0 Å². The van der Waals surface area contributed by atoms with E-state index in [1.54, 1.807) is 0 Å². The molecule has 2 aliphatic rings. The minimum atomic E-state index is 0.663. The lowest BCUT2D eigenvalue weighted by Gasteiger charge is -2.39. The standard InChI is InChI=1S/C12H23N/c1-10(2)12(7-3-4-8-12)11-6-5-9-13-11/h10-11,13H,3-9H2,1-2H3. The third-order valence-electron chi connectivity index (χ3n) is 4.44. The van der Waals surface area contributed by atoms with Crippen molar-refractivity contribution in [2.45, 2.75) is 58.4 Å². The van der Waals surface area contributed by atoms with Crippen LogP contribution in [0.3, 0.4) is 0 Å². The second kappa shape index (κ2) is 3.61. The number of hydrogen-bond donors (Lipinski definition) is 1. The molecular formula is C12H23N. The first kappa shape index (κ1) is 9.51. The summed E-state index contributed by atoms with van der Waals surface area (Å²) in [7, 11) is 0. The third kappa shape index (κ3) is 1.52. The molecule has 0 aromatic carbocycles. The average molecular weight is 181 g/mol. The summed E-state index contributed by atoms with van der Waals surface area (Å²) in [6.45, 7) is 6.11. The molecule has 2 fully saturated rings. The van der Waals surface area contributed by atoms with Crippen molar-refractivity contribution < 1.29 is 0 Å². The summed E-state index contributed by atoms with van der Waals surface area (Å²) in [4.78, 5) is 0. The van der Waals surface area contributed by atoms with Gasteiger partial charge in [-0.05, 0) is 43.6 Å². The van der Waals surface area contributed by atoms with Gasteiger partial charge in [-0.25, -0.2) is 0 Å². The highest BCUT2D eigenvalue weighted by molar-refractivity contribution is 4.98. The fourth-order valence-electron chi connectivity index (χ4n) is 3.54. The maximum Gasteiger partial charge on any atom is 0.0126 e. The molecular weight excluding hydrogens is 158 g/mol. The van der Waals surface area contributed by atoms with Crippen LogP contribution in [0.5, 0.6) is 0 Å². The summed E-state index contributed by atoms with van der Waals surface area (Å²) in [5.41, 5.74) is 0.663. The molecule has 1 saturated carbocycles. The highest BCUT2D eigenvalue weighted by atomic mass is 15.0. The molecule has 1 saturated heterocycles. The maximum absolute atomic E-state index is 3.72. The number of nitrogens with one attached hydrogen (secondary N) is 1. The average Bonchev–Trinajstić information content (AvgIpc) is 2.75. The van der Waals surface area contributed by atoms with Crippen molar-refractivity contribution >= 4 is 0 Å². The number of hydrogen-bond acceptors (Lipinski definition) is 1. The molecule has 1 nitrogen and oxygen atoms in total. The van der Waals surface area contributed by atoms with Gasteiger partial charge in [0, 0.05) is 6.04 Å². The maximum atomic E-state index is 3.72. The molecule has 1 atom stereocenters. The monoisotopic (exact) mass is 181 g/mol. The van der Waals surface area contributed by atoms with Gasteiger partial charge in [-0.2, -0.15) is 0 Å². The van der Waals surface area contributed by atoms with Gasteiger partial charge in [0.25, 0.3) is 0 Å². The third-order valence-corrected chi connectivity index (χ3v) is 4.44. The van der Waals surface area contributed by atoms with Gasteiger partial charge in [0.2, 0.25) is 0 Å². The lowest BCUT2D eigenvalue weighted by molar-refractivity contribution is 0.135. The quantitative estimate of drug-likeness (QED) is 0.690. The first-order valence-corrected chi connectivity index (χ1v) is 5.99. The van der Waals surface area contributed by atoms with Crippen LogP contribution in [0.25, 0.3) is 0 Å². The van der Waals surface area contributed by atoms with E-state index in [9.17, 15) is 0 Å². The summed E-state index contributed by atoms with van der Waals surface area (Å²) in [6.07, 6.45) is 8.72. The lowest BCUT2D eigenvalue weighted by atomic mass is 9.69.